The average Bonchev–Trinajstić information content (AvgIpc) is 2.95. The lowest BCUT2D eigenvalue weighted by Gasteiger charge is -2.39. The molecular weight excluding hydrogens is 204 g/mol. The van der Waals surface area contributed by atoms with Crippen molar-refractivity contribution in [3.8, 4) is 0 Å². The van der Waals surface area contributed by atoms with Crippen LogP contribution in [0.2, 0.25) is 0 Å². The highest BCUT2D eigenvalue weighted by Crippen LogP contribution is 2.63. The zero-order chi connectivity index (χ0) is 12.0. The minimum atomic E-state index is 0.974. The molecule has 3 aliphatic carbocycles. The molecule has 0 saturated heterocycles. The van der Waals surface area contributed by atoms with Crippen molar-refractivity contribution in [3.63, 3.8) is 0 Å². The van der Waals surface area contributed by atoms with Gasteiger partial charge in [0.15, 0.2) is 0 Å². The molecule has 0 N–H and O–H groups in total. The summed E-state index contributed by atoms with van der Waals surface area (Å²) in [6, 6.07) is 0. The van der Waals surface area contributed by atoms with Gasteiger partial charge < -0.3 is 0 Å². The van der Waals surface area contributed by atoms with E-state index in [0.717, 1.165) is 41.4 Å². The van der Waals surface area contributed by atoms with E-state index in [9.17, 15) is 0 Å². The van der Waals surface area contributed by atoms with Gasteiger partial charge in [0.1, 0.15) is 0 Å². The molecule has 0 heteroatoms. The summed E-state index contributed by atoms with van der Waals surface area (Å²) < 4.78 is 0. The highest BCUT2D eigenvalue weighted by Gasteiger charge is 2.56. The Kier molecular flexibility index (Phi) is 3.09. The molecule has 0 nitrogen and oxygen atoms in total. The van der Waals surface area contributed by atoms with E-state index >= 15 is 0 Å². The maximum Gasteiger partial charge on any atom is -0.0168 e. The lowest BCUT2D eigenvalue weighted by molar-refractivity contribution is 0.0938. The van der Waals surface area contributed by atoms with Crippen LogP contribution in [-0.4, -0.2) is 0 Å². The molecule has 17 heavy (non-hydrogen) atoms. The van der Waals surface area contributed by atoms with Gasteiger partial charge in [-0.25, -0.2) is 0 Å². The van der Waals surface area contributed by atoms with Gasteiger partial charge >= 0.3 is 0 Å². The minimum Gasteiger partial charge on any atom is -0.0879 e. The van der Waals surface area contributed by atoms with Gasteiger partial charge in [-0.3, -0.25) is 0 Å². The molecule has 3 aliphatic rings. The van der Waals surface area contributed by atoms with Crippen LogP contribution in [0.4, 0.5) is 0 Å². The molecule has 0 radical (unpaired) electrons. The number of rotatable bonds is 4. The predicted octanol–water partition coefficient (Wildman–Crippen LogP) is 4.91. The average molecular weight is 232 g/mol. The first-order valence-electron chi connectivity index (χ1n) is 7.90. The van der Waals surface area contributed by atoms with Crippen LogP contribution in [0.5, 0.6) is 0 Å². The largest absolute Gasteiger partial charge is 0.0879 e. The Balaban J connectivity index is 1.71. The Morgan fingerprint density at radius 3 is 2.82 bits per heavy atom. The van der Waals surface area contributed by atoms with Crippen molar-refractivity contribution in [2.45, 2.75) is 52.9 Å². The van der Waals surface area contributed by atoms with Crippen LogP contribution in [-0.2, 0) is 0 Å². The molecule has 0 aromatic carbocycles. The molecule has 2 saturated carbocycles. The molecule has 3 rings (SSSR count). The normalized spacial score (nSPS) is 48.6. The van der Waals surface area contributed by atoms with Crippen LogP contribution < -0.4 is 0 Å². The number of allylic oxidation sites excluding steroid dienone is 2. The van der Waals surface area contributed by atoms with E-state index in [1.807, 2.05) is 0 Å². The molecule has 7 unspecified atom stereocenters. The molecule has 0 aromatic heterocycles. The summed E-state index contributed by atoms with van der Waals surface area (Å²) in [4.78, 5) is 0. The number of hydrogen-bond donors (Lipinski definition) is 0. The maximum atomic E-state index is 2.56. The fourth-order valence-corrected chi connectivity index (χ4v) is 5.60. The monoisotopic (exact) mass is 232 g/mol. The third kappa shape index (κ3) is 1.71. The summed E-state index contributed by atoms with van der Waals surface area (Å²) in [5.74, 6) is 7.15. The van der Waals surface area contributed by atoms with E-state index < -0.39 is 0 Å². The van der Waals surface area contributed by atoms with Crippen molar-refractivity contribution < 1.29 is 0 Å². The van der Waals surface area contributed by atoms with Gasteiger partial charge in [0.25, 0.3) is 0 Å². The van der Waals surface area contributed by atoms with Gasteiger partial charge in [0.2, 0.25) is 0 Å². The van der Waals surface area contributed by atoms with Gasteiger partial charge in [0, 0.05) is 0 Å². The van der Waals surface area contributed by atoms with Gasteiger partial charge in [-0.1, -0.05) is 52.2 Å². The third-order valence-electron chi connectivity index (χ3n) is 6.30. The highest BCUT2D eigenvalue weighted by molar-refractivity contribution is 5.15. The first-order valence-corrected chi connectivity index (χ1v) is 7.90. The van der Waals surface area contributed by atoms with Crippen LogP contribution in [0.15, 0.2) is 12.2 Å². The Hall–Kier alpha value is -0.260. The number of hydrogen-bond acceptors (Lipinski definition) is 0. The van der Waals surface area contributed by atoms with E-state index in [2.05, 4.69) is 32.9 Å². The van der Waals surface area contributed by atoms with E-state index in [-0.39, 0.29) is 0 Å². The highest BCUT2D eigenvalue weighted by atomic mass is 14.6. The van der Waals surface area contributed by atoms with E-state index in [4.69, 9.17) is 0 Å². The second-order valence-electron chi connectivity index (χ2n) is 7.02. The predicted molar refractivity (Wildman–Crippen MR) is 73.7 cm³/mol. The van der Waals surface area contributed by atoms with Gasteiger partial charge in [-0.2, -0.15) is 0 Å². The summed E-state index contributed by atoms with van der Waals surface area (Å²) in [5.41, 5.74) is 0. The van der Waals surface area contributed by atoms with Crippen molar-refractivity contribution >= 4 is 0 Å². The molecular formula is C17H28. The first kappa shape index (κ1) is 11.8. The molecule has 7 atom stereocenters. The summed E-state index contributed by atoms with van der Waals surface area (Å²) in [6.07, 6.45) is 12.3. The lowest BCUT2D eigenvalue weighted by atomic mass is 9.65. The Labute approximate surface area is 107 Å². The molecule has 0 aliphatic heterocycles. The molecule has 2 bridgehead atoms. The van der Waals surface area contributed by atoms with Gasteiger partial charge in [0.05, 0.1) is 0 Å². The van der Waals surface area contributed by atoms with Gasteiger partial charge in [-0.05, 0) is 54.3 Å². The molecule has 2 fully saturated rings. The smallest absolute Gasteiger partial charge is 0.0168 e. The minimum absolute atomic E-state index is 0.974. The topological polar surface area (TPSA) is 0 Å². The molecule has 0 spiro atoms. The molecule has 0 amide bonds. The number of fused-ring (bicyclic) bond motifs is 5. The Morgan fingerprint density at radius 1 is 1.24 bits per heavy atom. The fourth-order valence-electron chi connectivity index (χ4n) is 5.60. The Morgan fingerprint density at radius 2 is 2.06 bits per heavy atom. The second kappa shape index (κ2) is 4.44. The van der Waals surface area contributed by atoms with Crippen LogP contribution in [0.25, 0.3) is 0 Å². The summed E-state index contributed by atoms with van der Waals surface area (Å²) >= 11 is 0. The summed E-state index contributed by atoms with van der Waals surface area (Å²) in [5, 5.41) is 0. The van der Waals surface area contributed by atoms with Crippen molar-refractivity contribution in [2.75, 3.05) is 0 Å². The molecule has 96 valence electrons. The van der Waals surface area contributed by atoms with Crippen molar-refractivity contribution in [1.29, 1.82) is 0 Å². The quantitative estimate of drug-likeness (QED) is 0.604. The maximum absolute atomic E-state index is 2.56. The molecule has 0 aromatic rings. The SMILES string of the molecule is CCCCC(C)C1C(C)C2CC1C1CC=CC21. The van der Waals surface area contributed by atoms with Crippen molar-refractivity contribution in [2.24, 2.45) is 41.4 Å². The first-order chi connectivity index (χ1) is 8.24. The van der Waals surface area contributed by atoms with E-state index in [1.165, 1.54) is 25.7 Å². The second-order valence-corrected chi connectivity index (χ2v) is 7.02. The summed E-state index contributed by atoms with van der Waals surface area (Å²) in [6.45, 7) is 7.42. The van der Waals surface area contributed by atoms with Gasteiger partial charge in [-0.15, -0.1) is 0 Å². The van der Waals surface area contributed by atoms with E-state index in [1.54, 1.807) is 6.42 Å². The Bertz CT molecular complexity index is 303. The standard InChI is InChI=1S/C17H28/c1-4-5-7-11(2)17-12(3)15-10-16(17)14-9-6-8-13(14)15/h6,8,11-17H,4-5,7,9-10H2,1-3H3. The third-order valence-corrected chi connectivity index (χ3v) is 6.30. The van der Waals surface area contributed by atoms with Crippen LogP contribution in [0.1, 0.15) is 52.9 Å². The zero-order valence-electron chi connectivity index (χ0n) is 11.7. The zero-order valence-corrected chi connectivity index (χ0v) is 11.7. The lowest BCUT2D eigenvalue weighted by Crippen LogP contribution is -2.34. The fraction of sp³-hybridized carbons (Fsp3) is 0.882. The molecule has 0 heterocycles. The van der Waals surface area contributed by atoms with Crippen LogP contribution in [0, 0.1) is 41.4 Å². The number of unbranched alkanes of at least 4 members (excludes halogenated alkanes) is 1. The van der Waals surface area contributed by atoms with Crippen molar-refractivity contribution in [1.82, 2.24) is 0 Å². The van der Waals surface area contributed by atoms with Crippen molar-refractivity contribution in [3.05, 3.63) is 12.2 Å². The van der Waals surface area contributed by atoms with Crippen LogP contribution >= 0.6 is 0 Å². The summed E-state index contributed by atoms with van der Waals surface area (Å²) in [7, 11) is 0. The van der Waals surface area contributed by atoms with Crippen LogP contribution in [0.3, 0.4) is 0 Å². The van der Waals surface area contributed by atoms with E-state index in [0.29, 0.717) is 0 Å².